The van der Waals surface area contributed by atoms with E-state index in [0.717, 1.165) is 0 Å². The summed E-state index contributed by atoms with van der Waals surface area (Å²) in [6.07, 6.45) is 3.01. The first-order valence-corrected chi connectivity index (χ1v) is 6.17. The molecule has 0 saturated heterocycles. The van der Waals surface area contributed by atoms with Gasteiger partial charge in [-0.05, 0) is 30.4 Å². The van der Waals surface area contributed by atoms with Gasteiger partial charge in [0.25, 0.3) is 0 Å². The molecular weight excluding hydrogens is 198 g/mol. The summed E-state index contributed by atoms with van der Waals surface area (Å²) in [7, 11) is 0. The fraction of sp³-hybridized carbons (Fsp3) is 0.571. The Morgan fingerprint density at radius 3 is 2.62 bits per heavy atom. The van der Waals surface area contributed by atoms with Gasteiger partial charge in [-0.15, -0.1) is 0 Å². The second-order valence-electron chi connectivity index (χ2n) is 4.88. The van der Waals surface area contributed by atoms with Crippen molar-refractivity contribution in [2.75, 3.05) is 0 Å². The van der Waals surface area contributed by atoms with E-state index in [2.05, 4.69) is 24.9 Å². The van der Waals surface area contributed by atoms with Crippen LogP contribution in [0.3, 0.4) is 0 Å². The fourth-order valence-corrected chi connectivity index (χ4v) is 1.99. The zero-order chi connectivity index (χ0) is 11.7. The molecule has 16 heavy (non-hydrogen) atoms. The van der Waals surface area contributed by atoms with Crippen molar-refractivity contribution in [2.45, 2.75) is 51.9 Å². The monoisotopic (exact) mass is 217 g/mol. The molecule has 2 heteroatoms. The lowest BCUT2D eigenvalue weighted by Crippen LogP contribution is -2.06. The van der Waals surface area contributed by atoms with Crippen molar-refractivity contribution in [1.82, 2.24) is 4.98 Å². The Hall–Kier alpha value is -1.18. The predicted octanol–water partition coefficient (Wildman–Crippen LogP) is 3.68. The molecule has 0 atom stereocenters. The maximum absolute atomic E-state index is 11.6. The van der Waals surface area contributed by atoms with Crippen molar-refractivity contribution in [2.24, 2.45) is 0 Å². The lowest BCUT2D eigenvalue weighted by molar-refractivity contribution is 0.0983. The average Bonchev–Trinajstić information content (AvgIpc) is 3.10. The Morgan fingerprint density at radius 1 is 1.44 bits per heavy atom. The quantitative estimate of drug-likeness (QED) is 0.720. The van der Waals surface area contributed by atoms with Crippen LogP contribution in [-0.2, 0) is 0 Å². The number of aromatic nitrogens is 1. The molecule has 1 aliphatic rings. The minimum Gasteiger partial charge on any atom is -0.292 e. The Kier molecular flexibility index (Phi) is 3.08. The summed E-state index contributed by atoms with van der Waals surface area (Å²) in [6.45, 7) is 6.26. The smallest absolute Gasteiger partial charge is 0.180 e. The molecule has 1 aromatic heterocycles. The van der Waals surface area contributed by atoms with Crippen molar-refractivity contribution in [3.05, 3.63) is 29.1 Å². The highest BCUT2D eigenvalue weighted by Crippen LogP contribution is 2.42. The van der Waals surface area contributed by atoms with E-state index in [1.165, 1.54) is 24.1 Å². The lowest BCUT2D eigenvalue weighted by Gasteiger charge is -2.12. The van der Waals surface area contributed by atoms with Crippen molar-refractivity contribution >= 4 is 5.78 Å². The van der Waals surface area contributed by atoms with Crippen molar-refractivity contribution < 1.29 is 4.79 Å². The maximum atomic E-state index is 11.6. The Morgan fingerprint density at radius 2 is 2.12 bits per heavy atom. The van der Waals surface area contributed by atoms with Crippen LogP contribution in [0.2, 0.25) is 0 Å². The Bertz CT molecular complexity index is 405. The number of hydrogen-bond acceptors (Lipinski definition) is 2. The van der Waals surface area contributed by atoms with Crippen molar-refractivity contribution in [3.8, 4) is 0 Å². The van der Waals surface area contributed by atoms with Gasteiger partial charge < -0.3 is 0 Å². The van der Waals surface area contributed by atoms with E-state index in [-0.39, 0.29) is 5.78 Å². The Balaban J connectivity index is 2.39. The molecular formula is C14H19NO. The largest absolute Gasteiger partial charge is 0.292 e. The number of carbonyl (C=O) groups excluding carboxylic acids is 1. The molecule has 0 radical (unpaired) electrons. The lowest BCUT2D eigenvalue weighted by atomic mass is 9.98. The fourth-order valence-electron chi connectivity index (χ4n) is 1.99. The molecule has 0 aromatic carbocycles. The highest BCUT2D eigenvalue weighted by molar-refractivity contribution is 5.94. The van der Waals surface area contributed by atoms with Gasteiger partial charge >= 0.3 is 0 Å². The number of Topliss-reactive ketones (excluding diaryl/α,β-unsaturated/α-hetero) is 1. The van der Waals surface area contributed by atoms with E-state index in [1.807, 2.05) is 13.0 Å². The van der Waals surface area contributed by atoms with Gasteiger partial charge in [-0.1, -0.05) is 26.8 Å². The molecule has 0 unspecified atom stereocenters. The van der Waals surface area contributed by atoms with Gasteiger partial charge in [0.1, 0.15) is 5.69 Å². The minimum atomic E-state index is 0.150. The van der Waals surface area contributed by atoms with Gasteiger partial charge in [0.2, 0.25) is 0 Å². The summed E-state index contributed by atoms with van der Waals surface area (Å²) in [5.41, 5.74) is 3.14. The van der Waals surface area contributed by atoms with Gasteiger partial charge in [0, 0.05) is 18.0 Å². The number of pyridine rings is 1. The molecule has 1 heterocycles. The third-order valence-electron chi connectivity index (χ3n) is 3.15. The maximum Gasteiger partial charge on any atom is 0.180 e. The molecule has 0 aliphatic heterocycles. The summed E-state index contributed by atoms with van der Waals surface area (Å²) in [4.78, 5) is 16.2. The highest BCUT2D eigenvalue weighted by atomic mass is 16.1. The molecule has 0 N–H and O–H groups in total. The number of rotatable bonds is 4. The van der Waals surface area contributed by atoms with Gasteiger partial charge in [-0.25, -0.2) is 4.98 Å². The molecule has 2 rings (SSSR count). The summed E-state index contributed by atoms with van der Waals surface area (Å²) >= 11 is 0. The zero-order valence-electron chi connectivity index (χ0n) is 10.3. The van der Waals surface area contributed by atoms with E-state index in [0.29, 0.717) is 24.0 Å². The standard InChI is InChI=1S/C14H19NO/c1-4-13(16)12-8-7-11(9(2)3)14(15-12)10-5-6-10/h7-10H,4-6H2,1-3H3. The van der Waals surface area contributed by atoms with Crippen LogP contribution >= 0.6 is 0 Å². The van der Waals surface area contributed by atoms with Crippen molar-refractivity contribution in [1.29, 1.82) is 0 Å². The molecule has 0 amide bonds. The van der Waals surface area contributed by atoms with Crippen LogP contribution in [0.1, 0.15) is 73.6 Å². The van der Waals surface area contributed by atoms with Gasteiger partial charge in [0.05, 0.1) is 0 Å². The molecule has 1 fully saturated rings. The molecule has 0 bridgehead atoms. The van der Waals surface area contributed by atoms with Crippen LogP contribution in [0, 0.1) is 0 Å². The van der Waals surface area contributed by atoms with E-state index < -0.39 is 0 Å². The predicted molar refractivity (Wildman–Crippen MR) is 64.9 cm³/mol. The number of carbonyl (C=O) groups is 1. The van der Waals surface area contributed by atoms with Crippen LogP contribution < -0.4 is 0 Å². The molecule has 1 aromatic rings. The van der Waals surface area contributed by atoms with E-state index in [9.17, 15) is 4.79 Å². The normalized spacial score (nSPS) is 15.5. The number of hydrogen-bond donors (Lipinski definition) is 0. The van der Waals surface area contributed by atoms with Crippen LogP contribution in [0.4, 0.5) is 0 Å². The summed E-state index contributed by atoms with van der Waals surface area (Å²) < 4.78 is 0. The van der Waals surface area contributed by atoms with Crippen LogP contribution in [0.5, 0.6) is 0 Å². The van der Waals surface area contributed by atoms with Crippen LogP contribution in [0.25, 0.3) is 0 Å². The second kappa shape index (κ2) is 4.36. The van der Waals surface area contributed by atoms with Gasteiger partial charge in [-0.2, -0.15) is 0 Å². The third-order valence-corrected chi connectivity index (χ3v) is 3.15. The molecule has 0 spiro atoms. The number of nitrogens with zero attached hydrogens (tertiary/aromatic N) is 1. The van der Waals surface area contributed by atoms with Gasteiger partial charge in [0.15, 0.2) is 5.78 Å². The van der Waals surface area contributed by atoms with E-state index >= 15 is 0 Å². The first-order valence-electron chi connectivity index (χ1n) is 6.17. The highest BCUT2D eigenvalue weighted by Gasteiger charge is 2.28. The van der Waals surface area contributed by atoms with E-state index in [1.54, 1.807) is 0 Å². The van der Waals surface area contributed by atoms with E-state index in [4.69, 9.17) is 0 Å². The first-order chi connectivity index (χ1) is 7.63. The molecule has 2 nitrogen and oxygen atoms in total. The zero-order valence-corrected chi connectivity index (χ0v) is 10.3. The summed E-state index contributed by atoms with van der Waals surface area (Å²) in [5, 5.41) is 0. The SMILES string of the molecule is CCC(=O)c1ccc(C(C)C)c(C2CC2)n1. The molecule has 1 aliphatic carbocycles. The summed E-state index contributed by atoms with van der Waals surface area (Å²) in [5.74, 6) is 1.26. The average molecular weight is 217 g/mol. The second-order valence-corrected chi connectivity index (χ2v) is 4.88. The molecule has 1 saturated carbocycles. The van der Waals surface area contributed by atoms with Crippen LogP contribution in [0.15, 0.2) is 12.1 Å². The van der Waals surface area contributed by atoms with Gasteiger partial charge in [-0.3, -0.25) is 4.79 Å². The topological polar surface area (TPSA) is 30.0 Å². The summed E-state index contributed by atoms with van der Waals surface area (Å²) in [6, 6.07) is 3.97. The first kappa shape index (κ1) is 11.3. The number of ketones is 1. The molecule has 86 valence electrons. The van der Waals surface area contributed by atoms with Crippen LogP contribution in [-0.4, -0.2) is 10.8 Å². The van der Waals surface area contributed by atoms with Crippen molar-refractivity contribution in [3.63, 3.8) is 0 Å². The third kappa shape index (κ3) is 2.16. The Labute approximate surface area is 97.1 Å². The minimum absolute atomic E-state index is 0.150.